The highest BCUT2D eigenvalue weighted by Crippen LogP contribution is 2.23. The normalized spacial score (nSPS) is 13.4. The Hall–Kier alpha value is -2.47. The lowest BCUT2D eigenvalue weighted by Gasteiger charge is -2.13. The number of rotatable bonds is 4. The van der Waals surface area contributed by atoms with Gasteiger partial charge in [0.1, 0.15) is 6.61 Å². The number of carbonyl (C=O) groups excluding carboxylic acids is 3. The largest absolute Gasteiger partial charge is 0.460 e. The Morgan fingerprint density at radius 1 is 1.13 bits per heavy atom. The first-order chi connectivity index (χ1) is 11.0. The molecule has 2 amide bonds. The zero-order valence-electron chi connectivity index (χ0n) is 12.8. The van der Waals surface area contributed by atoms with Crippen LogP contribution < -0.4 is 0 Å². The number of nitrogens with zero attached hydrogens (tertiary/aromatic N) is 1. The molecule has 0 unspecified atom stereocenters. The van der Waals surface area contributed by atoms with Gasteiger partial charge < -0.3 is 4.74 Å². The van der Waals surface area contributed by atoms with Gasteiger partial charge in [-0.25, -0.2) is 4.79 Å². The van der Waals surface area contributed by atoms with Crippen LogP contribution in [-0.2, 0) is 4.74 Å². The Kier molecular flexibility index (Phi) is 4.00. The van der Waals surface area contributed by atoms with Crippen LogP contribution in [0.4, 0.5) is 0 Å². The molecule has 0 fully saturated rings. The average molecular weight is 329 g/mol. The van der Waals surface area contributed by atoms with Crippen LogP contribution in [0.2, 0.25) is 0 Å². The number of aryl methyl sites for hydroxylation is 2. The molecule has 1 aromatic carbocycles. The van der Waals surface area contributed by atoms with Crippen molar-refractivity contribution in [2.75, 3.05) is 13.2 Å². The minimum Gasteiger partial charge on any atom is -0.460 e. The van der Waals surface area contributed by atoms with Crippen LogP contribution in [-0.4, -0.2) is 35.8 Å². The number of esters is 1. The van der Waals surface area contributed by atoms with Gasteiger partial charge in [0, 0.05) is 9.75 Å². The zero-order chi connectivity index (χ0) is 16.6. The molecule has 0 aliphatic carbocycles. The molecule has 0 saturated carbocycles. The van der Waals surface area contributed by atoms with Crippen LogP contribution in [0.1, 0.15) is 40.8 Å². The maximum atomic E-state index is 12.2. The third kappa shape index (κ3) is 2.77. The number of ether oxygens (including phenoxy) is 1. The molecule has 0 bridgehead atoms. The van der Waals surface area contributed by atoms with Crippen molar-refractivity contribution < 1.29 is 19.1 Å². The smallest absolute Gasteiger partial charge is 0.339 e. The van der Waals surface area contributed by atoms with Crippen LogP contribution in [0.15, 0.2) is 30.3 Å². The van der Waals surface area contributed by atoms with Gasteiger partial charge in [-0.1, -0.05) is 12.1 Å². The van der Waals surface area contributed by atoms with Gasteiger partial charge in [0.05, 0.1) is 23.2 Å². The van der Waals surface area contributed by atoms with Crippen LogP contribution in [0.25, 0.3) is 0 Å². The first-order valence-electron chi connectivity index (χ1n) is 7.18. The van der Waals surface area contributed by atoms with Crippen molar-refractivity contribution in [3.63, 3.8) is 0 Å². The summed E-state index contributed by atoms with van der Waals surface area (Å²) < 4.78 is 5.20. The van der Waals surface area contributed by atoms with E-state index in [0.717, 1.165) is 14.7 Å². The monoisotopic (exact) mass is 329 g/mol. The van der Waals surface area contributed by atoms with E-state index >= 15 is 0 Å². The number of benzene rings is 1. The van der Waals surface area contributed by atoms with Gasteiger partial charge in [-0.05, 0) is 32.0 Å². The summed E-state index contributed by atoms with van der Waals surface area (Å²) in [6.07, 6.45) is 0. The summed E-state index contributed by atoms with van der Waals surface area (Å²) in [7, 11) is 0. The Morgan fingerprint density at radius 3 is 2.26 bits per heavy atom. The highest BCUT2D eigenvalue weighted by Gasteiger charge is 2.34. The maximum absolute atomic E-state index is 12.2. The molecule has 6 heteroatoms. The quantitative estimate of drug-likeness (QED) is 0.639. The lowest BCUT2D eigenvalue weighted by molar-refractivity contribution is 0.0420. The van der Waals surface area contributed by atoms with Crippen LogP contribution in [0.5, 0.6) is 0 Å². The molecule has 0 saturated heterocycles. The van der Waals surface area contributed by atoms with Crippen molar-refractivity contribution in [3.8, 4) is 0 Å². The summed E-state index contributed by atoms with van der Waals surface area (Å²) in [6, 6.07) is 8.47. The SMILES string of the molecule is Cc1cc(C(=O)OCCN2C(=O)c3ccccc3C2=O)c(C)s1. The standard InChI is InChI=1S/C17H15NO4S/c1-10-9-14(11(2)23-10)17(21)22-8-7-18-15(19)12-5-3-4-6-13(12)16(18)20/h3-6,9H,7-8H2,1-2H3. The lowest BCUT2D eigenvalue weighted by atomic mass is 10.1. The molecule has 23 heavy (non-hydrogen) atoms. The second-order valence-corrected chi connectivity index (χ2v) is 6.73. The van der Waals surface area contributed by atoms with E-state index in [1.54, 1.807) is 30.3 Å². The van der Waals surface area contributed by atoms with E-state index in [4.69, 9.17) is 4.74 Å². The minimum absolute atomic E-state index is 0.0152. The summed E-state index contributed by atoms with van der Waals surface area (Å²) in [6.45, 7) is 3.82. The minimum atomic E-state index is -0.427. The van der Waals surface area contributed by atoms with Gasteiger partial charge in [-0.2, -0.15) is 0 Å². The van der Waals surface area contributed by atoms with Gasteiger partial charge in [0.15, 0.2) is 0 Å². The molecule has 0 N–H and O–H groups in total. The number of carbonyl (C=O) groups is 3. The van der Waals surface area contributed by atoms with E-state index in [9.17, 15) is 14.4 Å². The fraction of sp³-hybridized carbons (Fsp3) is 0.235. The van der Waals surface area contributed by atoms with Crippen molar-refractivity contribution in [1.29, 1.82) is 0 Å². The fourth-order valence-corrected chi connectivity index (χ4v) is 3.50. The predicted octanol–water partition coefficient (Wildman–Crippen LogP) is 2.82. The summed E-state index contributed by atoms with van der Waals surface area (Å²) in [5, 5.41) is 0. The van der Waals surface area contributed by atoms with Crippen LogP contribution in [0.3, 0.4) is 0 Å². The average Bonchev–Trinajstić information content (AvgIpc) is 2.99. The molecule has 0 radical (unpaired) electrons. The van der Waals surface area contributed by atoms with Crippen molar-refractivity contribution >= 4 is 29.1 Å². The van der Waals surface area contributed by atoms with E-state index in [-0.39, 0.29) is 25.0 Å². The van der Waals surface area contributed by atoms with Crippen LogP contribution in [0, 0.1) is 13.8 Å². The lowest BCUT2D eigenvalue weighted by Crippen LogP contribution is -2.33. The molecule has 0 spiro atoms. The first kappa shape index (κ1) is 15.4. The molecule has 3 rings (SSSR count). The molecule has 0 atom stereocenters. The number of amides is 2. The Labute approximate surface area is 137 Å². The van der Waals surface area contributed by atoms with Gasteiger partial charge in [0.2, 0.25) is 0 Å². The van der Waals surface area contributed by atoms with E-state index < -0.39 is 5.97 Å². The molecule has 2 aromatic rings. The predicted molar refractivity (Wildman–Crippen MR) is 85.9 cm³/mol. The topological polar surface area (TPSA) is 63.7 Å². The van der Waals surface area contributed by atoms with E-state index in [1.807, 2.05) is 13.8 Å². The molecule has 5 nitrogen and oxygen atoms in total. The summed E-state index contributed by atoms with van der Waals surface area (Å²) in [4.78, 5) is 39.4. The van der Waals surface area contributed by atoms with E-state index in [0.29, 0.717) is 16.7 Å². The van der Waals surface area contributed by atoms with Crippen molar-refractivity contribution in [2.24, 2.45) is 0 Å². The van der Waals surface area contributed by atoms with E-state index in [1.165, 1.54) is 11.3 Å². The highest BCUT2D eigenvalue weighted by atomic mass is 32.1. The number of hydrogen-bond donors (Lipinski definition) is 0. The van der Waals surface area contributed by atoms with Gasteiger partial charge in [0.25, 0.3) is 11.8 Å². The molecule has 118 valence electrons. The molecule has 1 aliphatic heterocycles. The fourth-order valence-electron chi connectivity index (χ4n) is 2.58. The molecule has 2 heterocycles. The summed E-state index contributed by atoms with van der Waals surface area (Å²) in [5.41, 5.74) is 1.33. The Morgan fingerprint density at radius 2 is 1.74 bits per heavy atom. The van der Waals surface area contributed by atoms with Gasteiger partial charge >= 0.3 is 5.97 Å². The number of imide groups is 1. The number of hydrogen-bond acceptors (Lipinski definition) is 5. The van der Waals surface area contributed by atoms with E-state index in [2.05, 4.69) is 0 Å². The number of fused-ring (bicyclic) bond motifs is 1. The van der Waals surface area contributed by atoms with Crippen LogP contribution >= 0.6 is 11.3 Å². The molecule has 1 aromatic heterocycles. The second kappa shape index (κ2) is 5.96. The van der Waals surface area contributed by atoms with Crippen molar-refractivity contribution in [3.05, 3.63) is 56.8 Å². The maximum Gasteiger partial charge on any atom is 0.339 e. The summed E-state index contributed by atoms with van der Waals surface area (Å²) >= 11 is 1.53. The Balaban J connectivity index is 1.62. The van der Waals surface area contributed by atoms with Crippen molar-refractivity contribution in [1.82, 2.24) is 4.90 Å². The third-order valence-corrected chi connectivity index (χ3v) is 4.65. The van der Waals surface area contributed by atoms with Gasteiger partial charge in [-0.3, -0.25) is 14.5 Å². The second-order valence-electron chi connectivity index (χ2n) is 5.27. The molecular formula is C17H15NO4S. The summed E-state index contributed by atoms with van der Waals surface area (Å²) in [5.74, 6) is -1.11. The highest BCUT2D eigenvalue weighted by molar-refractivity contribution is 7.12. The first-order valence-corrected chi connectivity index (χ1v) is 8.00. The Bertz CT molecular complexity index is 774. The number of thiophene rings is 1. The zero-order valence-corrected chi connectivity index (χ0v) is 13.6. The third-order valence-electron chi connectivity index (χ3n) is 3.69. The molecular weight excluding hydrogens is 314 g/mol. The molecule has 1 aliphatic rings. The van der Waals surface area contributed by atoms with Crippen molar-refractivity contribution in [2.45, 2.75) is 13.8 Å². The van der Waals surface area contributed by atoms with Gasteiger partial charge in [-0.15, -0.1) is 11.3 Å².